The summed E-state index contributed by atoms with van der Waals surface area (Å²) < 4.78 is 0. The summed E-state index contributed by atoms with van der Waals surface area (Å²) >= 11 is 0. The van der Waals surface area contributed by atoms with Crippen LogP contribution in [0.1, 0.15) is 31.7 Å². The van der Waals surface area contributed by atoms with Crippen LogP contribution < -0.4 is 5.32 Å². The maximum absolute atomic E-state index is 4.17. The molecule has 1 aromatic rings. The van der Waals surface area contributed by atoms with E-state index in [1.54, 1.807) is 0 Å². The molecule has 3 nitrogen and oxygen atoms in total. The number of nitrogens with zero attached hydrogens (tertiary/aromatic N) is 2. The summed E-state index contributed by atoms with van der Waals surface area (Å²) in [6, 6.07) is 4.83. The van der Waals surface area contributed by atoms with Crippen LogP contribution in [-0.4, -0.2) is 36.1 Å². The van der Waals surface area contributed by atoms with E-state index < -0.39 is 0 Å². The van der Waals surface area contributed by atoms with E-state index in [0.29, 0.717) is 6.04 Å². The maximum Gasteiger partial charge on any atom is 0.0312 e. The summed E-state index contributed by atoms with van der Waals surface area (Å²) in [6.45, 7) is 5.50. The van der Waals surface area contributed by atoms with E-state index in [0.717, 1.165) is 25.6 Å². The Labute approximate surface area is 111 Å². The lowest BCUT2D eigenvalue weighted by Gasteiger charge is -2.25. The van der Waals surface area contributed by atoms with Gasteiger partial charge in [-0.3, -0.25) is 4.98 Å². The van der Waals surface area contributed by atoms with E-state index in [-0.39, 0.29) is 0 Å². The third-order valence-electron chi connectivity index (χ3n) is 3.53. The van der Waals surface area contributed by atoms with Crippen molar-refractivity contribution in [2.45, 2.75) is 38.8 Å². The first-order valence-electron chi connectivity index (χ1n) is 7.10. The Kier molecular flexibility index (Phi) is 5.14. The van der Waals surface area contributed by atoms with Crippen molar-refractivity contribution in [1.82, 2.24) is 15.2 Å². The molecule has 0 aliphatic heterocycles. The molecule has 1 fully saturated rings. The number of rotatable bonds is 8. The molecule has 1 heterocycles. The Bertz CT molecular complexity index is 335. The predicted octanol–water partition coefficient (Wildman–Crippen LogP) is 2.29. The average molecular weight is 247 g/mol. The predicted molar refractivity (Wildman–Crippen MR) is 75.4 cm³/mol. The standard InChI is InChI=1S/C15H25N3/c1-3-8-17-15(14-6-7-14)12-18(2)11-13-5-4-9-16-10-13/h4-5,9-10,14-15,17H,3,6-8,11-12H2,1-2H3. The van der Waals surface area contributed by atoms with Crippen molar-refractivity contribution in [1.29, 1.82) is 0 Å². The zero-order chi connectivity index (χ0) is 12.8. The summed E-state index contributed by atoms with van der Waals surface area (Å²) in [5, 5.41) is 3.69. The number of nitrogens with one attached hydrogen (secondary N) is 1. The first kappa shape index (κ1) is 13.5. The number of pyridine rings is 1. The van der Waals surface area contributed by atoms with Crippen LogP contribution in [0.25, 0.3) is 0 Å². The molecule has 100 valence electrons. The third-order valence-corrected chi connectivity index (χ3v) is 3.53. The second kappa shape index (κ2) is 6.86. The molecular formula is C15H25N3. The molecule has 0 aromatic carbocycles. The van der Waals surface area contributed by atoms with Crippen molar-refractivity contribution >= 4 is 0 Å². The molecular weight excluding hydrogens is 222 g/mol. The first-order chi connectivity index (χ1) is 8.79. The van der Waals surface area contributed by atoms with Gasteiger partial charge in [0.2, 0.25) is 0 Å². The third kappa shape index (κ3) is 4.39. The zero-order valence-electron chi connectivity index (χ0n) is 11.6. The summed E-state index contributed by atoms with van der Waals surface area (Å²) in [7, 11) is 2.20. The highest BCUT2D eigenvalue weighted by Gasteiger charge is 2.31. The van der Waals surface area contributed by atoms with Gasteiger partial charge in [-0.15, -0.1) is 0 Å². The van der Waals surface area contributed by atoms with E-state index in [2.05, 4.69) is 35.2 Å². The number of hydrogen-bond acceptors (Lipinski definition) is 3. The van der Waals surface area contributed by atoms with E-state index in [1.807, 2.05) is 18.5 Å². The average Bonchev–Trinajstić information content (AvgIpc) is 3.20. The van der Waals surface area contributed by atoms with Crippen molar-refractivity contribution < 1.29 is 0 Å². The molecule has 1 N–H and O–H groups in total. The summed E-state index contributed by atoms with van der Waals surface area (Å²) in [5.74, 6) is 0.910. The van der Waals surface area contributed by atoms with E-state index in [9.17, 15) is 0 Å². The fraction of sp³-hybridized carbons (Fsp3) is 0.667. The van der Waals surface area contributed by atoms with E-state index >= 15 is 0 Å². The highest BCUT2D eigenvalue weighted by atomic mass is 15.1. The normalized spacial score (nSPS) is 17.1. The van der Waals surface area contributed by atoms with E-state index in [1.165, 1.54) is 24.8 Å². The first-order valence-corrected chi connectivity index (χ1v) is 7.10. The van der Waals surface area contributed by atoms with Crippen molar-refractivity contribution in [2.75, 3.05) is 20.1 Å². The van der Waals surface area contributed by atoms with E-state index in [4.69, 9.17) is 0 Å². The quantitative estimate of drug-likeness (QED) is 0.764. The lowest BCUT2D eigenvalue weighted by atomic mass is 10.1. The minimum Gasteiger partial charge on any atom is -0.312 e. The van der Waals surface area contributed by atoms with Gasteiger partial charge in [0.1, 0.15) is 0 Å². The molecule has 1 aliphatic carbocycles. The summed E-state index contributed by atoms with van der Waals surface area (Å²) in [5.41, 5.74) is 1.30. The van der Waals surface area contributed by atoms with Crippen LogP contribution in [0.3, 0.4) is 0 Å². The van der Waals surface area contributed by atoms with Gasteiger partial charge in [-0.05, 0) is 50.4 Å². The second-order valence-electron chi connectivity index (χ2n) is 5.46. The minimum atomic E-state index is 0.673. The highest BCUT2D eigenvalue weighted by molar-refractivity contribution is 5.08. The molecule has 3 heteroatoms. The lowest BCUT2D eigenvalue weighted by Crippen LogP contribution is -2.41. The van der Waals surface area contributed by atoms with Crippen molar-refractivity contribution in [2.24, 2.45) is 5.92 Å². The number of hydrogen-bond donors (Lipinski definition) is 1. The lowest BCUT2D eigenvalue weighted by molar-refractivity contribution is 0.267. The van der Waals surface area contributed by atoms with Crippen LogP contribution in [0, 0.1) is 5.92 Å². The maximum atomic E-state index is 4.17. The molecule has 1 aliphatic rings. The molecule has 0 amide bonds. The van der Waals surface area contributed by atoms with Crippen molar-refractivity contribution in [3.63, 3.8) is 0 Å². The van der Waals surface area contributed by atoms with Crippen LogP contribution in [0.4, 0.5) is 0 Å². The molecule has 1 atom stereocenters. The summed E-state index contributed by atoms with van der Waals surface area (Å²) in [6.07, 6.45) is 7.82. The Morgan fingerprint density at radius 3 is 2.94 bits per heavy atom. The van der Waals surface area contributed by atoms with Gasteiger partial charge < -0.3 is 10.2 Å². The van der Waals surface area contributed by atoms with Crippen molar-refractivity contribution in [3.8, 4) is 0 Å². The van der Waals surface area contributed by atoms with Gasteiger partial charge in [0, 0.05) is 31.5 Å². The van der Waals surface area contributed by atoms with Crippen LogP contribution in [0.2, 0.25) is 0 Å². The van der Waals surface area contributed by atoms with Crippen LogP contribution >= 0.6 is 0 Å². The molecule has 0 bridgehead atoms. The monoisotopic (exact) mass is 247 g/mol. The fourth-order valence-electron chi connectivity index (χ4n) is 2.41. The molecule has 1 aromatic heterocycles. The highest BCUT2D eigenvalue weighted by Crippen LogP contribution is 2.33. The summed E-state index contributed by atoms with van der Waals surface area (Å²) in [4.78, 5) is 6.58. The zero-order valence-corrected chi connectivity index (χ0v) is 11.6. The van der Waals surface area contributed by atoms with Crippen LogP contribution in [0.15, 0.2) is 24.5 Å². The van der Waals surface area contributed by atoms with Gasteiger partial charge in [-0.2, -0.15) is 0 Å². The molecule has 1 unspecified atom stereocenters. The Morgan fingerprint density at radius 2 is 2.33 bits per heavy atom. The smallest absolute Gasteiger partial charge is 0.0312 e. The number of aromatic nitrogens is 1. The van der Waals surface area contributed by atoms with Gasteiger partial charge in [-0.25, -0.2) is 0 Å². The van der Waals surface area contributed by atoms with Crippen LogP contribution in [0.5, 0.6) is 0 Å². The Hall–Kier alpha value is -0.930. The molecule has 0 radical (unpaired) electrons. The van der Waals surface area contributed by atoms with Gasteiger partial charge in [0.25, 0.3) is 0 Å². The molecule has 18 heavy (non-hydrogen) atoms. The minimum absolute atomic E-state index is 0.673. The second-order valence-corrected chi connectivity index (χ2v) is 5.46. The number of likely N-dealkylation sites (N-methyl/N-ethyl adjacent to an activating group) is 1. The Morgan fingerprint density at radius 1 is 1.50 bits per heavy atom. The van der Waals surface area contributed by atoms with Gasteiger partial charge >= 0.3 is 0 Å². The van der Waals surface area contributed by atoms with Gasteiger partial charge in [0.15, 0.2) is 0 Å². The molecule has 2 rings (SSSR count). The topological polar surface area (TPSA) is 28.2 Å². The van der Waals surface area contributed by atoms with Crippen LogP contribution in [-0.2, 0) is 6.54 Å². The molecule has 0 spiro atoms. The molecule has 0 saturated heterocycles. The van der Waals surface area contributed by atoms with Crippen molar-refractivity contribution in [3.05, 3.63) is 30.1 Å². The van der Waals surface area contributed by atoms with Gasteiger partial charge in [-0.1, -0.05) is 13.0 Å². The largest absolute Gasteiger partial charge is 0.312 e. The SMILES string of the molecule is CCCNC(CN(C)Cc1cccnc1)C1CC1. The fourth-order valence-corrected chi connectivity index (χ4v) is 2.41. The Balaban J connectivity index is 1.79. The van der Waals surface area contributed by atoms with Gasteiger partial charge in [0.05, 0.1) is 0 Å². The molecule has 1 saturated carbocycles.